The molecular formula is C23H26N4O2. The highest BCUT2D eigenvalue weighted by atomic mass is 16.2. The average molecular weight is 390 g/mol. The van der Waals surface area contributed by atoms with Gasteiger partial charge in [0.2, 0.25) is 5.91 Å². The molecule has 2 heterocycles. The fourth-order valence-corrected chi connectivity index (χ4v) is 4.01. The number of fused-ring (bicyclic) bond motifs is 2. The lowest BCUT2D eigenvalue weighted by molar-refractivity contribution is -0.124. The highest BCUT2D eigenvalue weighted by Crippen LogP contribution is 2.22. The summed E-state index contributed by atoms with van der Waals surface area (Å²) in [4.78, 5) is 34.9. The Hall–Kier alpha value is -3.02. The van der Waals surface area contributed by atoms with Gasteiger partial charge in [0, 0.05) is 12.2 Å². The number of nitrogens with one attached hydrogen (secondary N) is 1. The lowest BCUT2D eigenvalue weighted by Gasteiger charge is -2.19. The molecule has 3 aromatic rings. The molecule has 0 unspecified atom stereocenters. The van der Waals surface area contributed by atoms with Crippen molar-refractivity contribution in [3.05, 3.63) is 69.9 Å². The predicted octanol–water partition coefficient (Wildman–Crippen LogP) is 2.98. The number of pyridine rings is 1. The van der Waals surface area contributed by atoms with Crippen molar-refractivity contribution in [1.29, 1.82) is 0 Å². The van der Waals surface area contributed by atoms with Crippen LogP contribution in [0.3, 0.4) is 0 Å². The second-order valence-electron chi connectivity index (χ2n) is 7.58. The molecule has 1 amide bonds. The van der Waals surface area contributed by atoms with Gasteiger partial charge in [-0.15, -0.1) is 0 Å². The van der Waals surface area contributed by atoms with Crippen LogP contribution in [-0.4, -0.2) is 27.0 Å². The molecule has 4 rings (SSSR count). The highest BCUT2D eigenvalue weighted by molar-refractivity contribution is 5.81. The van der Waals surface area contributed by atoms with Crippen molar-refractivity contribution in [1.82, 2.24) is 19.9 Å². The van der Waals surface area contributed by atoms with Gasteiger partial charge in [0.1, 0.15) is 12.4 Å². The molecule has 0 spiro atoms. The maximum Gasteiger partial charge on any atom is 0.263 e. The Labute approximate surface area is 170 Å². The summed E-state index contributed by atoms with van der Waals surface area (Å²) in [7, 11) is 0. The zero-order valence-electron chi connectivity index (χ0n) is 16.7. The third kappa shape index (κ3) is 4.06. The summed E-state index contributed by atoms with van der Waals surface area (Å²) < 4.78 is 1.46. The van der Waals surface area contributed by atoms with E-state index in [1.54, 1.807) is 0 Å². The molecule has 1 atom stereocenters. The number of benzene rings is 1. The fraction of sp³-hybridized carbons (Fsp3) is 0.391. The standard InChI is InChI=1S/C23H26N4O2/c1-2-20(22(28)24-13-12-16-8-4-3-5-9-16)27-15-25-21-18(23(27)29)14-17-10-6-7-11-19(17)26-21/h3-5,8-9,14-15,20H,2,6-7,10-13H2,1H3,(H,24,28)/t20-/m1/s1. The van der Waals surface area contributed by atoms with Gasteiger partial charge in [0.25, 0.3) is 5.56 Å². The molecule has 0 radical (unpaired) electrons. The van der Waals surface area contributed by atoms with Gasteiger partial charge in [0.15, 0.2) is 5.65 Å². The molecule has 29 heavy (non-hydrogen) atoms. The molecule has 1 aliphatic carbocycles. The second kappa shape index (κ2) is 8.55. The number of aromatic nitrogens is 3. The fourth-order valence-electron chi connectivity index (χ4n) is 4.01. The van der Waals surface area contributed by atoms with E-state index >= 15 is 0 Å². The Bertz CT molecular complexity index is 1080. The van der Waals surface area contributed by atoms with Crippen molar-refractivity contribution in [2.75, 3.05) is 6.54 Å². The Morgan fingerprint density at radius 2 is 2.00 bits per heavy atom. The van der Waals surface area contributed by atoms with Crippen LogP contribution in [0.5, 0.6) is 0 Å². The molecule has 2 aromatic heterocycles. The second-order valence-corrected chi connectivity index (χ2v) is 7.58. The van der Waals surface area contributed by atoms with E-state index < -0.39 is 6.04 Å². The van der Waals surface area contributed by atoms with E-state index in [2.05, 4.69) is 15.3 Å². The lowest BCUT2D eigenvalue weighted by atomic mass is 9.95. The van der Waals surface area contributed by atoms with E-state index in [0.717, 1.165) is 43.4 Å². The van der Waals surface area contributed by atoms with E-state index in [4.69, 9.17) is 0 Å². The van der Waals surface area contributed by atoms with Crippen LogP contribution in [0.25, 0.3) is 11.0 Å². The van der Waals surface area contributed by atoms with Crippen molar-refractivity contribution in [2.45, 2.75) is 51.5 Å². The molecular weight excluding hydrogens is 364 g/mol. The average Bonchev–Trinajstić information content (AvgIpc) is 2.75. The van der Waals surface area contributed by atoms with E-state index in [-0.39, 0.29) is 11.5 Å². The molecule has 0 aliphatic heterocycles. The van der Waals surface area contributed by atoms with E-state index in [1.807, 2.05) is 43.3 Å². The molecule has 1 aliphatic rings. The maximum atomic E-state index is 13.1. The summed E-state index contributed by atoms with van der Waals surface area (Å²) in [5.41, 5.74) is 3.65. The molecule has 0 saturated carbocycles. The summed E-state index contributed by atoms with van der Waals surface area (Å²) in [6.45, 7) is 2.44. The molecule has 1 aromatic carbocycles. The normalized spacial score (nSPS) is 14.4. The highest BCUT2D eigenvalue weighted by Gasteiger charge is 2.22. The van der Waals surface area contributed by atoms with Crippen LogP contribution >= 0.6 is 0 Å². The van der Waals surface area contributed by atoms with Gasteiger partial charge in [-0.05, 0) is 55.7 Å². The number of hydrogen-bond donors (Lipinski definition) is 1. The third-order valence-electron chi connectivity index (χ3n) is 5.63. The van der Waals surface area contributed by atoms with Crippen molar-refractivity contribution in [3.63, 3.8) is 0 Å². The largest absolute Gasteiger partial charge is 0.354 e. The van der Waals surface area contributed by atoms with Crippen LogP contribution in [0.2, 0.25) is 0 Å². The molecule has 0 bridgehead atoms. The minimum absolute atomic E-state index is 0.155. The van der Waals surface area contributed by atoms with Crippen LogP contribution in [0.1, 0.15) is 49.0 Å². The third-order valence-corrected chi connectivity index (χ3v) is 5.63. The minimum Gasteiger partial charge on any atom is -0.354 e. The smallest absolute Gasteiger partial charge is 0.263 e. The van der Waals surface area contributed by atoms with Crippen molar-refractivity contribution < 1.29 is 4.79 Å². The number of amides is 1. The van der Waals surface area contributed by atoms with Crippen LogP contribution in [-0.2, 0) is 24.1 Å². The molecule has 1 N–H and O–H groups in total. The predicted molar refractivity (Wildman–Crippen MR) is 113 cm³/mol. The van der Waals surface area contributed by atoms with E-state index in [0.29, 0.717) is 24.0 Å². The molecule has 0 saturated heterocycles. The first-order chi connectivity index (χ1) is 14.2. The zero-order valence-corrected chi connectivity index (χ0v) is 16.7. The number of carbonyl (C=O) groups excluding carboxylic acids is 1. The first kappa shape index (κ1) is 19.3. The van der Waals surface area contributed by atoms with Crippen LogP contribution in [0.15, 0.2) is 47.5 Å². The Morgan fingerprint density at radius 1 is 1.21 bits per heavy atom. The summed E-state index contributed by atoms with van der Waals surface area (Å²) >= 11 is 0. The topological polar surface area (TPSA) is 76.9 Å². The van der Waals surface area contributed by atoms with Gasteiger partial charge in [-0.1, -0.05) is 37.3 Å². The monoisotopic (exact) mass is 390 g/mol. The summed E-state index contributed by atoms with van der Waals surface area (Å²) in [5, 5.41) is 3.47. The van der Waals surface area contributed by atoms with Crippen LogP contribution < -0.4 is 10.9 Å². The summed E-state index contributed by atoms with van der Waals surface area (Å²) in [5.74, 6) is -0.155. The van der Waals surface area contributed by atoms with Crippen LogP contribution in [0, 0.1) is 0 Å². The summed E-state index contributed by atoms with van der Waals surface area (Å²) in [6, 6.07) is 11.4. The molecule has 150 valence electrons. The Kier molecular flexibility index (Phi) is 5.69. The van der Waals surface area contributed by atoms with Gasteiger partial charge >= 0.3 is 0 Å². The summed E-state index contributed by atoms with van der Waals surface area (Å²) in [6.07, 6.45) is 6.88. The number of nitrogens with zero attached hydrogens (tertiary/aromatic N) is 3. The van der Waals surface area contributed by atoms with Crippen LogP contribution in [0.4, 0.5) is 0 Å². The minimum atomic E-state index is -0.578. The van der Waals surface area contributed by atoms with Gasteiger partial charge in [-0.3, -0.25) is 14.2 Å². The van der Waals surface area contributed by atoms with Gasteiger partial charge in [0.05, 0.1) is 5.39 Å². The van der Waals surface area contributed by atoms with E-state index in [9.17, 15) is 9.59 Å². The Morgan fingerprint density at radius 3 is 2.79 bits per heavy atom. The molecule has 6 nitrogen and oxygen atoms in total. The van der Waals surface area contributed by atoms with Crippen molar-refractivity contribution >= 4 is 16.9 Å². The quantitative estimate of drug-likeness (QED) is 0.702. The van der Waals surface area contributed by atoms with Crippen molar-refractivity contribution in [3.8, 4) is 0 Å². The van der Waals surface area contributed by atoms with Gasteiger partial charge in [-0.2, -0.15) is 0 Å². The first-order valence-electron chi connectivity index (χ1n) is 10.4. The SMILES string of the molecule is CC[C@H](C(=O)NCCc1ccccc1)n1cnc2nc3c(cc2c1=O)CCCC3. The Balaban J connectivity index is 1.55. The molecule has 0 fully saturated rings. The molecule has 6 heteroatoms. The van der Waals surface area contributed by atoms with Gasteiger partial charge < -0.3 is 5.32 Å². The number of carbonyl (C=O) groups is 1. The number of aryl methyl sites for hydroxylation is 2. The van der Waals surface area contributed by atoms with E-state index in [1.165, 1.54) is 16.5 Å². The number of rotatable bonds is 6. The zero-order chi connectivity index (χ0) is 20.2. The first-order valence-corrected chi connectivity index (χ1v) is 10.4. The van der Waals surface area contributed by atoms with Crippen molar-refractivity contribution in [2.24, 2.45) is 0 Å². The maximum absolute atomic E-state index is 13.1. The lowest BCUT2D eigenvalue weighted by Crippen LogP contribution is -2.38. The number of hydrogen-bond acceptors (Lipinski definition) is 4. The van der Waals surface area contributed by atoms with Gasteiger partial charge in [-0.25, -0.2) is 9.97 Å².